The number of aromatic nitrogens is 2. The summed E-state index contributed by atoms with van der Waals surface area (Å²) in [4.78, 5) is 44.7. The fourth-order valence-electron chi connectivity index (χ4n) is 7.59. The van der Waals surface area contributed by atoms with E-state index >= 15 is 0 Å². The second-order valence-corrected chi connectivity index (χ2v) is 20.5. The molecule has 4 heterocycles. The first-order chi connectivity index (χ1) is 30.4. The summed E-state index contributed by atoms with van der Waals surface area (Å²) in [6.45, 7) is 10.3. The Hall–Kier alpha value is -4.30. The van der Waals surface area contributed by atoms with Crippen LogP contribution in [0.2, 0.25) is 0 Å². The number of thioether (sulfide) groups is 2. The summed E-state index contributed by atoms with van der Waals surface area (Å²) < 4.78 is 45.8. The minimum Gasteiger partial charge on any atom is -0.381 e. The minimum atomic E-state index is -4.51. The third-order valence-electron chi connectivity index (χ3n) is 11.0. The Labute approximate surface area is 386 Å². The highest BCUT2D eigenvalue weighted by molar-refractivity contribution is 8.00. The summed E-state index contributed by atoms with van der Waals surface area (Å²) in [5, 5.41) is 9.28. The molecule has 10 nitrogen and oxygen atoms in total. The average molecular weight is 949 g/mol. The fraction of sp³-hybridized carbons (Fsp3) is 0.333. The lowest BCUT2D eigenvalue weighted by Gasteiger charge is -2.37. The molecule has 330 valence electrons. The number of carbonyl (C=O) groups is 2. The van der Waals surface area contributed by atoms with Crippen LogP contribution in [0.15, 0.2) is 111 Å². The van der Waals surface area contributed by atoms with Crippen LogP contribution < -0.4 is 20.3 Å². The first kappa shape index (κ1) is 45.3. The molecule has 0 spiro atoms. The number of rotatable bonds is 16. The normalized spacial score (nSPS) is 15.4. The number of hydrogen-bond acceptors (Lipinski definition) is 13. The summed E-state index contributed by atoms with van der Waals surface area (Å²) in [6, 6.07) is 28.8. The van der Waals surface area contributed by atoms with Gasteiger partial charge in [0, 0.05) is 95.0 Å². The van der Waals surface area contributed by atoms with Gasteiger partial charge in [-0.3, -0.25) is 24.5 Å². The maximum absolute atomic E-state index is 14.0. The van der Waals surface area contributed by atoms with E-state index < -0.39 is 11.4 Å². The molecule has 4 aromatic carbocycles. The zero-order valence-electron chi connectivity index (χ0n) is 34.7. The van der Waals surface area contributed by atoms with Gasteiger partial charge in [-0.05, 0) is 110 Å². The number of para-hydroxylation sites is 1. The number of anilines is 3. The highest BCUT2D eigenvalue weighted by Crippen LogP contribution is 2.42. The number of benzene rings is 4. The molecular weight excluding hydrogens is 902 g/mol. The van der Waals surface area contributed by atoms with Crippen molar-refractivity contribution in [2.75, 3.05) is 60.6 Å². The fourth-order valence-corrected chi connectivity index (χ4v) is 11.6. The van der Waals surface area contributed by atoms with E-state index in [1.807, 2.05) is 72.8 Å². The molecule has 63 heavy (non-hydrogen) atoms. The maximum Gasteiger partial charge on any atom is 0.446 e. The van der Waals surface area contributed by atoms with Crippen molar-refractivity contribution in [2.45, 2.75) is 65.5 Å². The quantitative estimate of drug-likeness (QED) is 0.0638. The van der Waals surface area contributed by atoms with Crippen LogP contribution >= 0.6 is 58.1 Å². The Kier molecular flexibility index (Phi) is 14.9. The van der Waals surface area contributed by atoms with Crippen molar-refractivity contribution in [3.63, 3.8) is 0 Å². The van der Waals surface area contributed by atoms with E-state index in [-0.39, 0.29) is 34.3 Å². The van der Waals surface area contributed by atoms with Gasteiger partial charge in [-0.1, -0.05) is 53.8 Å². The van der Waals surface area contributed by atoms with E-state index in [9.17, 15) is 22.8 Å². The van der Waals surface area contributed by atoms with E-state index in [1.54, 1.807) is 29.3 Å². The summed E-state index contributed by atoms with van der Waals surface area (Å²) in [5.74, 6) is -0.0206. The van der Waals surface area contributed by atoms with E-state index in [0.29, 0.717) is 57.7 Å². The number of amides is 2. The topological polar surface area (TPSA) is 106 Å². The molecule has 0 saturated carbocycles. The average Bonchev–Trinajstić information content (AvgIpc) is 3.94. The SMILES string of the molecule is CC(C)N1CCN(CCC(CSc2ccccc2)Nc2ccc(SNC(=O)c3csc(N4CCc5cccc(C(=O)Nc6nc7ccccc7s6)c5C4)n3)cc2SC(F)(F)F)CC1. The Morgan fingerprint density at radius 3 is 2.44 bits per heavy atom. The molecule has 3 N–H and O–H groups in total. The van der Waals surface area contributed by atoms with E-state index in [2.05, 4.69) is 53.9 Å². The van der Waals surface area contributed by atoms with Gasteiger partial charge < -0.3 is 15.1 Å². The standard InChI is InChI=1S/C45H47F3N8O2S5/c1-29(2)55-23-21-54(22-24-55)19-18-31(27-59-32-10-4-3-5-11-32)49-37-16-15-33(25-40(37)62-45(46,47)48)63-53-42(58)38-28-60-44(51-38)56-20-17-30-9-8-12-34(35(30)26-56)41(57)52-43-50-36-13-6-7-14-39(36)61-43/h3-16,25,28-29,31,49H,17-24,26-27H2,1-2H3,(H,53,58)(H,50,52,57). The molecule has 2 aliphatic heterocycles. The number of fused-ring (bicyclic) bond motifs is 2. The molecule has 2 aromatic heterocycles. The first-order valence-corrected chi connectivity index (χ1v) is 25.0. The number of nitrogens with one attached hydrogen (secondary N) is 3. The van der Waals surface area contributed by atoms with Crippen molar-refractivity contribution in [1.82, 2.24) is 24.5 Å². The smallest absolute Gasteiger partial charge is 0.381 e. The molecule has 1 unspecified atom stereocenters. The van der Waals surface area contributed by atoms with Gasteiger partial charge in [0.15, 0.2) is 10.3 Å². The lowest BCUT2D eigenvalue weighted by atomic mass is 9.94. The van der Waals surface area contributed by atoms with Gasteiger partial charge in [-0.25, -0.2) is 9.97 Å². The Balaban J connectivity index is 0.906. The highest BCUT2D eigenvalue weighted by atomic mass is 32.2. The number of hydrogen-bond donors (Lipinski definition) is 3. The number of halogens is 3. The van der Waals surface area contributed by atoms with Crippen LogP contribution in [0.4, 0.5) is 29.1 Å². The molecule has 2 aliphatic rings. The van der Waals surface area contributed by atoms with Gasteiger partial charge in [0.05, 0.1) is 10.2 Å². The lowest BCUT2D eigenvalue weighted by Crippen LogP contribution is -2.49. The summed E-state index contributed by atoms with van der Waals surface area (Å²) in [7, 11) is 0. The molecule has 0 bridgehead atoms. The van der Waals surface area contributed by atoms with Crippen molar-refractivity contribution in [2.24, 2.45) is 0 Å². The van der Waals surface area contributed by atoms with Gasteiger partial charge in [0.1, 0.15) is 5.69 Å². The number of thiazole rings is 2. The first-order valence-electron chi connectivity index (χ1n) is 20.7. The summed E-state index contributed by atoms with van der Waals surface area (Å²) in [6.07, 6.45) is 1.46. The zero-order valence-corrected chi connectivity index (χ0v) is 38.8. The lowest BCUT2D eigenvalue weighted by molar-refractivity contribution is -0.0328. The van der Waals surface area contributed by atoms with Crippen LogP contribution in [0.1, 0.15) is 52.2 Å². The Bertz CT molecular complexity index is 2480. The molecule has 1 atom stereocenters. The van der Waals surface area contributed by atoms with E-state index in [1.165, 1.54) is 28.7 Å². The molecule has 2 amide bonds. The minimum absolute atomic E-state index is 0.0384. The van der Waals surface area contributed by atoms with Crippen LogP contribution in [-0.2, 0) is 13.0 Å². The van der Waals surface area contributed by atoms with Gasteiger partial charge in [-0.15, -0.1) is 23.1 Å². The Morgan fingerprint density at radius 1 is 0.873 bits per heavy atom. The van der Waals surface area contributed by atoms with Gasteiger partial charge in [0.2, 0.25) is 0 Å². The van der Waals surface area contributed by atoms with Crippen LogP contribution in [-0.4, -0.2) is 94.2 Å². The van der Waals surface area contributed by atoms with Crippen molar-refractivity contribution in [3.8, 4) is 0 Å². The predicted octanol–water partition coefficient (Wildman–Crippen LogP) is 10.6. The van der Waals surface area contributed by atoms with Crippen LogP contribution in [0.5, 0.6) is 0 Å². The van der Waals surface area contributed by atoms with Crippen molar-refractivity contribution < 1.29 is 22.8 Å². The van der Waals surface area contributed by atoms with Crippen molar-refractivity contribution >= 4 is 96.1 Å². The highest BCUT2D eigenvalue weighted by Gasteiger charge is 2.32. The van der Waals surface area contributed by atoms with Crippen LogP contribution in [0.3, 0.4) is 0 Å². The largest absolute Gasteiger partial charge is 0.446 e. The van der Waals surface area contributed by atoms with Gasteiger partial charge in [-0.2, -0.15) is 13.2 Å². The molecule has 0 aliphatic carbocycles. The van der Waals surface area contributed by atoms with Crippen LogP contribution in [0, 0.1) is 0 Å². The molecule has 8 rings (SSSR count). The van der Waals surface area contributed by atoms with E-state index in [4.69, 9.17) is 0 Å². The second kappa shape index (κ2) is 20.7. The van der Waals surface area contributed by atoms with E-state index in [0.717, 1.165) is 77.3 Å². The zero-order chi connectivity index (χ0) is 43.9. The molecule has 6 aromatic rings. The number of nitrogens with zero attached hydrogens (tertiary/aromatic N) is 5. The molecule has 0 radical (unpaired) electrons. The summed E-state index contributed by atoms with van der Waals surface area (Å²) >= 11 is 5.22. The number of piperazine rings is 1. The number of carbonyl (C=O) groups excluding carboxylic acids is 2. The third kappa shape index (κ3) is 12.1. The van der Waals surface area contributed by atoms with Gasteiger partial charge in [0.25, 0.3) is 11.8 Å². The van der Waals surface area contributed by atoms with Crippen LogP contribution in [0.25, 0.3) is 10.2 Å². The van der Waals surface area contributed by atoms with Gasteiger partial charge >= 0.3 is 5.51 Å². The van der Waals surface area contributed by atoms with Crippen molar-refractivity contribution in [1.29, 1.82) is 0 Å². The third-order valence-corrected chi connectivity index (χ3v) is 15.5. The molecule has 18 heteroatoms. The molecule has 1 saturated heterocycles. The summed E-state index contributed by atoms with van der Waals surface area (Å²) in [5.41, 5.74) is -0.554. The monoisotopic (exact) mass is 948 g/mol. The molecular formula is C45H47F3N8O2S5. The molecule has 1 fully saturated rings. The number of alkyl halides is 3. The maximum atomic E-state index is 14.0. The van der Waals surface area contributed by atoms with Crippen molar-refractivity contribution in [3.05, 3.63) is 119 Å². The second-order valence-electron chi connectivity index (χ2n) is 15.5. The predicted molar refractivity (Wildman–Crippen MR) is 255 cm³/mol. The Morgan fingerprint density at radius 2 is 1.67 bits per heavy atom.